The van der Waals surface area contributed by atoms with Gasteiger partial charge in [0, 0.05) is 0 Å². The number of nitrogens with two attached hydrogens (primary N) is 1. The number of halogens is 1. The van der Waals surface area contributed by atoms with Crippen LogP contribution in [0.3, 0.4) is 0 Å². The average Bonchev–Trinajstić information content (AvgIpc) is 2.63. The van der Waals surface area contributed by atoms with Crippen LogP contribution in [-0.2, 0) is 9.63 Å². The van der Waals surface area contributed by atoms with Crippen LogP contribution in [0, 0.1) is 23.1 Å². The van der Waals surface area contributed by atoms with Crippen LogP contribution in [0.4, 0.5) is 4.39 Å². The lowest BCUT2D eigenvalue weighted by molar-refractivity contribution is -0.146. The molecule has 0 aliphatic rings. The molecule has 4 N–H and O–H groups in total. The number of rotatable bonds is 9. The number of benzene rings is 1. The predicted octanol–water partition coefficient (Wildman–Crippen LogP) is 2.27. The van der Waals surface area contributed by atoms with Gasteiger partial charge in [-0.05, 0) is 42.2 Å². The number of carbonyl (C=O) groups excluding carboxylic acids is 1. The first-order valence-corrected chi connectivity index (χ1v) is 8.70. The summed E-state index contributed by atoms with van der Waals surface area (Å²) in [6.07, 6.45) is 4.88. The molecule has 0 radical (unpaired) electrons. The number of ether oxygens (including phenoxy) is 1. The maximum Gasteiger partial charge on any atom is 0.324 e. The molecule has 1 aromatic rings. The first-order valence-electron chi connectivity index (χ1n) is 8.70. The van der Waals surface area contributed by atoms with Gasteiger partial charge < -0.3 is 19.8 Å². The standard InChI is InChI=1S/C21H26FNO5/c1-21(2,14-20(26)28-23)13-17(24)7-5-3-4-6-8-18(25)15-27-19-11-9-16(22)10-12-19/h3-4,6,8-12,17-18,24-25H,13-15,23H2,1-2H3. The Morgan fingerprint density at radius 3 is 2.61 bits per heavy atom. The molecule has 0 saturated heterocycles. The Kier molecular flexibility index (Phi) is 9.96. The van der Waals surface area contributed by atoms with E-state index in [2.05, 4.69) is 16.7 Å². The van der Waals surface area contributed by atoms with Crippen LogP contribution in [0.25, 0.3) is 0 Å². The van der Waals surface area contributed by atoms with E-state index >= 15 is 0 Å². The number of allylic oxidation sites excluding steroid dienone is 3. The van der Waals surface area contributed by atoms with Crippen molar-refractivity contribution in [2.75, 3.05) is 6.61 Å². The summed E-state index contributed by atoms with van der Waals surface area (Å²) >= 11 is 0. The quantitative estimate of drug-likeness (QED) is 0.339. The molecule has 2 atom stereocenters. The SMILES string of the molecule is CC(C)(CC(=O)ON)CC(O)C#CC=CC=CC(O)COc1ccc(F)cc1. The van der Waals surface area contributed by atoms with E-state index in [1.807, 2.05) is 13.8 Å². The normalized spacial score (nSPS) is 13.8. The van der Waals surface area contributed by atoms with Gasteiger partial charge in [-0.1, -0.05) is 43.9 Å². The first-order chi connectivity index (χ1) is 13.2. The van der Waals surface area contributed by atoms with Gasteiger partial charge in [0.2, 0.25) is 0 Å². The summed E-state index contributed by atoms with van der Waals surface area (Å²) in [4.78, 5) is 15.3. The molecular formula is C21H26FNO5. The molecule has 0 bridgehead atoms. The first kappa shape index (κ1) is 23.4. The minimum Gasteiger partial charge on any atom is -0.491 e. The van der Waals surface area contributed by atoms with Gasteiger partial charge in [-0.25, -0.2) is 4.39 Å². The van der Waals surface area contributed by atoms with E-state index in [1.165, 1.54) is 36.4 Å². The van der Waals surface area contributed by atoms with E-state index in [1.54, 1.807) is 12.2 Å². The number of aliphatic hydroxyl groups is 2. The van der Waals surface area contributed by atoms with E-state index in [0.717, 1.165) is 0 Å². The topological polar surface area (TPSA) is 102 Å². The molecule has 0 heterocycles. The Morgan fingerprint density at radius 2 is 1.96 bits per heavy atom. The van der Waals surface area contributed by atoms with E-state index in [0.29, 0.717) is 5.75 Å². The van der Waals surface area contributed by atoms with E-state index in [4.69, 9.17) is 10.6 Å². The molecule has 28 heavy (non-hydrogen) atoms. The predicted molar refractivity (Wildman–Crippen MR) is 103 cm³/mol. The lowest BCUT2D eigenvalue weighted by atomic mass is 9.83. The van der Waals surface area contributed by atoms with Crippen molar-refractivity contribution in [2.45, 2.75) is 38.9 Å². The largest absolute Gasteiger partial charge is 0.491 e. The molecule has 0 aliphatic carbocycles. The summed E-state index contributed by atoms with van der Waals surface area (Å²) in [6, 6.07) is 5.51. The number of aliphatic hydroxyl groups excluding tert-OH is 2. The number of carbonyl (C=O) groups is 1. The lowest BCUT2D eigenvalue weighted by Gasteiger charge is -2.23. The third kappa shape index (κ3) is 10.5. The third-order valence-corrected chi connectivity index (χ3v) is 3.61. The van der Waals surface area contributed by atoms with Crippen molar-refractivity contribution in [2.24, 2.45) is 11.3 Å². The van der Waals surface area contributed by atoms with Crippen molar-refractivity contribution in [1.29, 1.82) is 0 Å². The van der Waals surface area contributed by atoms with Gasteiger partial charge in [0.15, 0.2) is 0 Å². The van der Waals surface area contributed by atoms with Gasteiger partial charge in [0.25, 0.3) is 0 Å². The second kappa shape index (κ2) is 11.9. The molecule has 2 unspecified atom stereocenters. The van der Waals surface area contributed by atoms with Crippen molar-refractivity contribution in [1.82, 2.24) is 0 Å². The van der Waals surface area contributed by atoms with Crippen LogP contribution in [0.15, 0.2) is 48.6 Å². The molecule has 0 saturated carbocycles. The minimum absolute atomic E-state index is 0.0285. The smallest absolute Gasteiger partial charge is 0.324 e. The molecule has 1 aromatic carbocycles. The van der Waals surface area contributed by atoms with Gasteiger partial charge in [-0.2, -0.15) is 5.90 Å². The fraction of sp³-hybridized carbons (Fsp3) is 0.381. The molecule has 152 valence electrons. The molecule has 0 fully saturated rings. The third-order valence-electron chi connectivity index (χ3n) is 3.61. The Hall–Kier alpha value is -2.66. The fourth-order valence-electron chi connectivity index (χ4n) is 2.29. The highest BCUT2D eigenvalue weighted by Crippen LogP contribution is 2.26. The van der Waals surface area contributed by atoms with Crippen molar-refractivity contribution >= 4 is 5.97 Å². The summed E-state index contributed by atoms with van der Waals surface area (Å²) in [5, 5.41) is 19.7. The molecular weight excluding hydrogens is 365 g/mol. The molecule has 0 aliphatic heterocycles. The maximum atomic E-state index is 12.8. The van der Waals surface area contributed by atoms with Crippen LogP contribution in [0.5, 0.6) is 5.75 Å². The van der Waals surface area contributed by atoms with Crippen molar-refractivity contribution in [3.63, 3.8) is 0 Å². The van der Waals surface area contributed by atoms with E-state index in [-0.39, 0.29) is 25.3 Å². The summed E-state index contributed by atoms with van der Waals surface area (Å²) in [5.41, 5.74) is -0.497. The van der Waals surface area contributed by atoms with Gasteiger partial charge in [0.05, 0.1) is 6.42 Å². The molecule has 7 heteroatoms. The summed E-state index contributed by atoms with van der Waals surface area (Å²) in [6.45, 7) is 3.65. The Bertz CT molecular complexity index is 731. The summed E-state index contributed by atoms with van der Waals surface area (Å²) in [5.74, 6) is 9.73. The highest BCUT2D eigenvalue weighted by molar-refractivity contribution is 5.69. The molecule has 0 aromatic heterocycles. The van der Waals surface area contributed by atoms with Crippen LogP contribution in [0.2, 0.25) is 0 Å². The number of hydrogen-bond donors (Lipinski definition) is 3. The molecule has 1 rings (SSSR count). The van der Waals surface area contributed by atoms with Gasteiger partial charge >= 0.3 is 5.97 Å². The highest BCUT2D eigenvalue weighted by Gasteiger charge is 2.25. The second-order valence-electron chi connectivity index (χ2n) is 6.92. The average molecular weight is 391 g/mol. The van der Waals surface area contributed by atoms with E-state index in [9.17, 15) is 19.4 Å². The minimum atomic E-state index is -0.899. The highest BCUT2D eigenvalue weighted by atomic mass is 19.1. The van der Waals surface area contributed by atoms with Crippen LogP contribution in [-0.4, -0.2) is 35.0 Å². The monoisotopic (exact) mass is 391 g/mol. The molecule has 0 amide bonds. The maximum absolute atomic E-state index is 12.8. The Morgan fingerprint density at radius 1 is 1.29 bits per heavy atom. The van der Waals surface area contributed by atoms with Crippen molar-refractivity contribution in [3.8, 4) is 17.6 Å². The second-order valence-corrected chi connectivity index (χ2v) is 6.92. The Labute approximate surface area is 164 Å². The van der Waals surface area contributed by atoms with Crippen molar-refractivity contribution < 1.29 is 29.0 Å². The number of hydrogen-bond acceptors (Lipinski definition) is 6. The van der Waals surface area contributed by atoms with Crippen LogP contribution in [0.1, 0.15) is 26.7 Å². The van der Waals surface area contributed by atoms with Crippen LogP contribution >= 0.6 is 0 Å². The summed E-state index contributed by atoms with van der Waals surface area (Å²) in [7, 11) is 0. The van der Waals surface area contributed by atoms with Crippen LogP contribution < -0.4 is 10.6 Å². The fourth-order valence-corrected chi connectivity index (χ4v) is 2.29. The van der Waals surface area contributed by atoms with Crippen molar-refractivity contribution in [3.05, 3.63) is 54.4 Å². The van der Waals surface area contributed by atoms with Gasteiger partial charge in [-0.15, -0.1) is 0 Å². The Balaban J connectivity index is 2.36. The van der Waals surface area contributed by atoms with Gasteiger partial charge in [-0.3, -0.25) is 4.79 Å². The lowest BCUT2D eigenvalue weighted by Crippen LogP contribution is -2.25. The van der Waals surface area contributed by atoms with Gasteiger partial charge in [0.1, 0.15) is 30.4 Å². The summed E-state index contributed by atoms with van der Waals surface area (Å²) < 4.78 is 18.1. The van der Waals surface area contributed by atoms with E-state index < -0.39 is 23.6 Å². The zero-order valence-corrected chi connectivity index (χ0v) is 16.0. The molecule has 0 spiro atoms. The molecule has 6 nitrogen and oxygen atoms in total. The zero-order chi connectivity index (χ0) is 21.0. The zero-order valence-electron chi connectivity index (χ0n) is 16.0.